The predicted molar refractivity (Wildman–Crippen MR) is 70.6 cm³/mol. The summed E-state index contributed by atoms with van der Waals surface area (Å²) in [5.74, 6) is 0.205. The highest BCUT2D eigenvalue weighted by Gasteiger charge is 2.17. The maximum absolute atomic E-state index is 12.1. The number of anilines is 1. The van der Waals surface area contributed by atoms with Crippen LogP contribution < -0.4 is 9.46 Å². The molecule has 0 fully saturated rings. The Labute approximate surface area is 111 Å². The lowest BCUT2D eigenvalue weighted by Gasteiger charge is -2.10. The summed E-state index contributed by atoms with van der Waals surface area (Å²) in [4.78, 5) is 8.19. The standard InChI is InChI=1S/C12H13N3O3S/c1-9-8-13-11(12(14-9)18-2)15-19(16,17)10-6-4-3-5-7-10/h3-8H,1-2H3,(H,13,15). The first-order chi connectivity index (χ1) is 9.03. The van der Waals surface area contributed by atoms with Crippen LogP contribution in [0, 0.1) is 6.92 Å². The Kier molecular flexibility index (Phi) is 3.66. The highest BCUT2D eigenvalue weighted by molar-refractivity contribution is 7.92. The van der Waals surface area contributed by atoms with E-state index in [-0.39, 0.29) is 16.6 Å². The van der Waals surface area contributed by atoms with E-state index in [0.717, 1.165) is 0 Å². The van der Waals surface area contributed by atoms with Gasteiger partial charge in [0.1, 0.15) is 0 Å². The Balaban J connectivity index is 2.36. The van der Waals surface area contributed by atoms with Gasteiger partial charge in [0, 0.05) is 0 Å². The first-order valence-electron chi connectivity index (χ1n) is 5.48. The fourth-order valence-corrected chi connectivity index (χ4v) is 2.48. The smallest absolute Gasteiger partial charge is 0.263 e. The molecular weight excluding hydrogens is 266 g/mol. The molecule has 6 nitrogen and oxygen atoms in total. The zero-order chi connectivity index (χ0) is 13.9. The summed E-state index contributed by atoms with van der Waals surface area (Å²) in [7, 11) is -2.28. The summed E-state index contributed by atoms with van der Waals surface area (Å²) in [5, 5.41) is 0. The summed E-state index contributed by atoms with van der Waals surface area (Å²) < 4.78 is 31.6. The van der Waals surface area contributed by atoms with E-state index in [1.54, 1.807) is 25.1 Å². The number of nitrogens with zero attached hydrogens (tertiary/aromatic N) is 2. The van der Waals surface area contributed by atoms with Crippen LogP contribution in [0.3, 0.4) is 0 Å². The largest absolute Gasteiger partial charge is 0.478 e. The van der Waals surface area contributed by atoms with Crippen LogP contribution in [0.25, 0.3) is 0 Å². The van der Waals surface area contributed by atoms with Crippen molar-refractivity contribution >= 4 is 15.8 Å². The maximum Gasteiger partial charge on any atom is 0.263 e. The zero-order valence-corrected chi connectivity index (χ0v) is 11.3. The quantitative estimate of drug-likeness (QED) is 0.919. The molecule has 2 rings (SSSR count). The van der Waals surface area contributed by atoms with Crippen LogP contribution in [0.15, 0.2) is 41.4 Å². The van der Waals surface area contributed by atoms with E-state index in [1.165, 1.54) is 25.4 Å². The lowest BCUT2D eigenvalue weighted by Crippen LogP contribution is -2.15. The Morgan fingerprint density at radius 1 is 1.21 bits per heavy atom. The molecule has 0 spiro atoms. The Morgan fingerprint density at radius 3 is 2.53 bits per heavy atom. The molecule has 0 atom stereocenters. The number of aromatic nitrogens is 2. The van der Waals surface area contributed by atoms with Gasteiger partial charge in [-0.15, -0.1) is 0 Å². The van der Waals surface area contributed by atoms with Crippen LogP contribution in [0.4, 0.5) is 5.82 Å². The topological polar surface area (TPSA) is 81.2 Å². The molecule has 100 valence electrons. The number of sulfonamides is 1. The molecule has 0 saturated heterocycles. The minimum atomic E-state index is -3.69. The predicted octanol–water partition coefficient (Wildman–Crippen LogP) is 1.59. The van der Waals surface area contributed by atoms with E-state index in [4.69, 9.17) is 4.74 Å². The van der Waals surface area contributed by atoms with Crippen LogP contribution in [-0.2, 0) is 10.0 Å². The molecule has 0 radical (unpaired) electrons. The molecule has 1 N–H and O–H groups in total. The third-order valence-electron chi connectivity index (χ3n) is 2.34. The number of hydrogen-bond acceptors (Lipinski definition) is 5. The van der Waals surface area contributed by atoms with Gasteiger partial charge >= 0.3 is 0 Å². The highest BCUT2D eigenvalue weighted by atomic mass is 32.2. The van der Waals surface area contributed by atoms with Gasteiger partial charge < -0.3 is 4.74 Å². The van der Waals surface area contributed by atoms with E-state index in [9.17, 15) is 8.42 Å². The van der Waals surface area contributed by atoms with Gasteiger partial charge in [-0.3, -0.25) is 4.72 Å². The molecule has 0 amide bonds. The minimum absolute atomic E-state index is 0.0666. The number of aryl methyl sites for hydroxylation is 1. The molecule has 0 aliphatic carbocycles. The summed E-state index contributed by atoms with van der Waals surface area (Å²) in [6.07, 6.45) is 1.46. The van der Waals surface area contributed by atoms with Crippen LogP contribution >= 0.6 is 0 Å². The van der Waals surface area contributed by atoms with Gasteiger partial charge in [0.15, 0.2) is 0 Å². The van der Waals surface area contributed by atoms with Crippen molar-refractivity contribution in [1.29, 1.82) is 0 Å². The molecule has 0 saturated carbocycles. The summed E-state index contributed by atoms with van der Waals surface area (Å²) >= 11 is 0. The minimum Gasteiger partial charge on any atom is -0.478 e. The Morgan fingerprint density at radius 2 is 1.89 bits per heavy atom. The maximum atomic E-state index is 12.1. The summed E-state index contributed by atoms with van der Waals surface area (Å²) in [6, 6.07) is 8.03. The third-order valence-corrected chi connectivity index (χ3v) is 3.69. The molecule has 2 aromatic rings. The number of methoxy groups -OCH3 is 1. The molecular formula is C12H13N3O3S. The van der Waals surface area contributed by atoms with Crippen molar-refractivity contribution in [3.05, 3.63) is 42.2 Å². The lowest BCUT2D eigenvalue weighted by molar-refractivity contribution is 0.397. The van der Waals surface area contributed by atoms with Gasteiger partial charge in [-0.1, -0.05) is 18.2 Å². The molecule has 19 heavy (non-hydrogen) atoms. The highest BCUT2D eigenvalue weighted by Crippen LogP contribution is 2.21. The van der Waals surface area contributed by atoms with Crippen molar-refractivity contribution in [3.8, 4) is 5.88 Å². The molecule has 1 aromatic heterocycles. The van der Waals surface area contributed by atoms with Crippen LogP contribution in [0.5, 0.6) is 5.88 Å². The fraction of sp³-hybridized carbons (Fsp3) is 0.167. The second-order valence-corrected chi connectivity index (χ2v) is 5.47. The number of ether oxygens (including phenoxy) is 1. The molecule has 7 heteroatoms. The van der Waals surface area contributed by atoms with Crippen LogP contribution in [-0.4, -0.2) is 25.5 Å². The number of benzene rings is 1. The molecule has 1 heterocycles. The van der Waals surface area contributed by atoms with Crippen molar-refractivity contribution in [3.63, 3.8) is 0 Å². The van der Waals surface area contributed by atoms with Gasteiger partial charge in [-0.25, -0.2) is 18.4 Å². The van der Waals surface area contributed by atoms with Crippen molar-refractivity contribution in [2.45, 2.75) is 11.8 Å². The Bertz CT molecular complexity index is 672. The average molecular weight is 279 g/mol. The summed E-state index contributed by atoms with van der Waals surface area (Å²) in [5.41, 5.74) is 0.638. The van der Waals surface area contributed by atoms with E-state index in [1.807, 2.05) is 0 Å². The van der Waals surface area contributed by atoms with Crippen molar-refractivity contribution < 1.29 is 13.2 Å². The van der Waals surface area contributed by atoms with E-state index in [2.05, 4.69) is 14.7 Å². The third kappa shape index (κ3) is 3.00. The van der Waals surface area contributed by atoms with Crippen LogP contribution in [0.1, 0.15) is 5.69 Å². The lowest BCUT2D eigenvalue weighted by atomic mass is 10.4. The number of rotatable bonds is 4. The van der Waals surface area contributed by atoms with E-state index >= 15 is 0 Å². The zero-order valence-electron chi connectivity index (χ0n) is 10.5. The molecule has 0 aliphatic heterocycles. The average Bonchev–Trinajstić information content (AvgIpc) is 2.41. The number of nitrogens with one attached hydrogen (secondary N) is 1. The van der Waals surface area contributed by atoms with Crippen molar-refractivity contribution in [2.24, 2.45) is 0 Å². The molecule has 0 bridgehead atoms. The normalized spacial score (nSPS) is 11.1. The second-order valence-electron chi connectivity index (χ2n) is 3.79. The van der Waals surface area contributed by atoms with E-state index < -0.39 is 10.0 Å². The number of hydrogen-bond donors (Lipinski definition) is 1. The van der Waals surface area contributed by atoms with Gasteiger partial charge in [-0.05, 0) is 19.1 Å². The van der Waals surface area contributed by atoms with Crippen molar-refractivity contribution in [2.75, 3.05) is 11.8 Å². The SMILES string of the molecule is COc1nc(C)cnc1NS(=O)(=O)c1ccccc1. The van der Waals surface area contributed by atoms with Gasteiger partial charge in [-0.2, -0.15) is 0 Å². The van der Waals surface area contributed by atoms with E-state index in [0.29, 0.717) is 5.69 Å². The second kappa shape index (κ2) is 5.23. The first-order valence-corrected chi connectivity index (χ1v) is 6.97. The summed E-state index contributed by atoms with van der Waals surface area (Å²) in [6.45, 7) is 1.74. The fourth-order valence-electron chi connectivity index (χ4n) is 1.45. The Hall–Kier alpha value is -2.15. The molecule has 0 aliphatic rings. The van der Waals surface area contributed by atoms with Gasteiger partial charge in [0.2, 0.25) is 5.82 Å². The molecule has 1 aromatic carbocycles. The van der Waals surface area contributed by atoms with Crippen LogP contribution in [0.2, 0.25) is 0 Å². The van der Waals surface area contributed by atoms with Gasteiger partial charge in [0.05, 0.1) is 23.9 Å². The molecule has 0 unspecified atom stereocenters. The van der Waals surface area contributed by atoms with Crippen molar-refractivity contribution in [1.82, 2.24) is 9.97 Å². The van der Waals surface area contributed by atoms with Gasteiger partial charge in [0.25, 0.3) is 15.9 Å². The first kappa shape index (κ1) is 13.3. The monoisotopic (exact) mass is 279 g/mol.